The highest BCUT2D eigenvalue weighted by molar-refractivity contribution is 7.10. The Hall–Kier alpha value is -1.31. The lowest BCUT2D eigenvalue weighted by Crippen LogP contribution is -2.43. The summed E-state index contributed by atoms with van der Waals surface area (Å²) in [6.07, 6.45) is 2.45. The number of thiophene rings is 1. The van der Waals surface area contributed by atoms with Crippen LogP contribution in [0.3, 0.4) is 0 Å². The Bertz CT molecular complexity index is 480. The van der Waals surface area contributed by atoms with Crippen molar-refractivity contribution in [2.24, 2.45) is 0 Å². The number of carbonyl (C=O) groups is 1. The Balaban J connectivity index is 2.66. The molecule has 1 aromatic rings. The minimum atomic E-state index is -0.184. The normalized spacial score (nSPS) is 10.7. The summed E-state index contributed by atoms with van der Waals surface area (Å²) in [7, 11) is 0. The van der Waals surface area contributed by atoms with Crippen LogP contribution < -0.4 is 5.32 Å². The van der Waals surface area contributed by atoms with Crippen molar-refractivity contribution in [3.63, 3.8) is 0 Å². The molecular formula is C15H21NO2S. The van der Waals surface area contributed by atoms with Crippen molar-refractivity contribution in [2.45, 2.75) is 45.6 Å². The molecule has 1 aromatic heterocycles. The Morgan fingerprint density at radius 2 is 2.26 bits per heavy atom. The molecule has 0 aliphatic carbocycles. The maximum absolute atomic E-state index is 12.1. The summed E-state index contributed by atoms with van der Waals surface area (Å²) in [6, 6.07) is 1.80. The third kappa shape index (κ3) is 5.46. The maximum Gasteiger partial charge on any atom is 0.252 e. The minimum Gasteiger partial charge on any atom is -0.395 e. The van der Waals surface area contributed by atoms with Crippen LogP contribution in [0.1, 0.15) is 55.3 Å². The van der Waals surface area contributed by atoms with Gasteiger partial charge in [-0.05, 0) is 26.3 Å². The fourth-order valence-corrected chi connectivity index (χ4v) is 2.55. The molecule has 1 rings (SSSR count). The minimum absolute atomic E-state index is 0.0510. The zero-order valence-corrected chi connectivity index (χ0v) is 12.6. The quantitative estimate of drug-likeness (QED) is 0.814. The molecule has 4 heteroatoms. The Morgan fingerprint density at radius 3 is 2.89 bits per heavy atom. The molecule has 1 heterocycles. The van der Waals surface area contributed by atoms with Gasteiger partial charge >= 0.3 is 0 Å². The van der Waals surface area contributed by atoms with Gasteiger partial charge in [-0.25, -0.2) is 0 Å². The van der Waals surface area contributed by atoms with Crippen molar-refractivity contribution >= 4 is 17.2 Å². The van der Waals surface area contributed by atoms with Crippen LogP contribution in [0.2, 0.25) is 0 Å². The first-order chi connectivity index (χ1) is 8.98. The molecule has 19 heavy (non-hydrogen) atoms. The van der Waals surface area contributed by atoms with E-state index in [2.05, 4.69) is 24.1 Å². The predicted molar refractivity (Wildman–Crippen MR) is 79.4 cm³/mol. The van der Waals surface area contributed by atoms with Gasteiger partial charge in [-0.1, -0.05) is 25.2 Å². The van der Waals surface area contributed by atoms with E-state index < -0.39 is 0 Å². The summed E-state index contributed by atoms with van der Waals surface area (Å²) in [5, 5.41) is 13.5. The second kappa shape index (κ2) is 7.32. The van der Waals surface area contributed by atoms with E-state index in [0.29, 0.717) is 12.0 Å². The van der Waals surface area contributed by atoms with E-state index in [1.807, 2.05) is 19.2 Å². The molecule has 0 atom stereocenters. The average molecular weight is 279 g/mol. The van der Waals surface area contributed by atoms with Crippen LogP contribution in [0.15, 0.2) is 11.4 Å². The topological polar surface area (TPSA) is 49.3 Å². The largest absolute Gasteiger partial charge is 0.395 e. The Morgan fingerprint density at radius 1 is 1.53 bits per heavy atom. The van der Waals surface area contributed by atoms with Crippen LogP contribution in [0.25, 0.3) is 0 Å². The van der Waals surface area contributed by atoms with Gasteiger partial charge in [-0.15, -0.1) is 11.3 Å². The molecule has 0 radical (unpaired) electrons. The first-order valence-corrected chi connectivity index (χ1v) is 7.37. The second-order valence-corrected chi connectivity index (χ2v) is 5.97. The molecule has 3 nitrogen and oxygen atoms in total. The molecular weight excluding hydrogens is 258 g/mol. The molecule has 0 aliphatic rings. The number of amides is 1. The first-order valence-electron chi connectivity index (χ1n) is 6.49. The predicted octanol–water partition coefficient (Wildman–Crippen LogP) is 2.79. The van der Waals surface area contributed by atoms with E-state index in [1.165, 1.54) is 11.3 Å². The summed E-state index contributed by atoms with van der Waals surface area (Å²) < 4.78 is 0. The molecule has 0 fully saturated rings. The Kier molecular flexibility index (Phi) is 6.07. The molecule has 0 saturated heterocycles. The molecule has 0 saturated carbocycles. The highest BCUT2D eigenvalue weighted by Crippen LogP contribution is 2.16. The fourth-order valence-electron chi connectivity index (χ4n) is 1.79. The highest BCUT2D eigenvalue weighted by Gasteiger charge is 2.20. The van der Waals surface area contributed by atoms with Crippen molar-refractivity contribution in [2.75, 3.05) is 6.61 Å². The lowest BCUT2D eigenvalue weighted by Gasteiger charge is -2.25. The smallest absolute Gasteiger partial charge is 0.252 e. The van der Waals surface area contributed by atoms with Crippen molar-refractivity contribution in [1.82, 2.24) is 5.32 Å². The number of hydrogen-bond donors (Lipinski definition) is 2. The van der Waals surface area contributed by atoms with E-state index in [0.717, 1.165) is 17.7 Å². The monoisotopic (exact) mass is 279 g/mol. The molecule has 2 N–H and O–H groups in total. The zero-order chi connectivity index (χ0) is 14.3. The summed E-state index contributed by atoms with van der Waals surface area (Å²) >= 11 is 1.45. The molecule has 0 bridgehead atoms. The number of rotatable bonds is 5. The first kappa shape index (κ1) is 15.7. The molecule has 1 amide bonds. The fraction of sp³-hybridized carbons (Fsp3) is 0.533. The number of carbonyl (C=O) groups excluding carboxylic acids is 1. The van der Waals surface area contributed by atoms with Gasteiger partial charge in [0, 0.05) is 17.3 Å². The second-order valence-electron chi connectivity index (χ2n) is 5.06. The van der Waals surface area contributed by atoms with E-state index in [9.17, 15) is 4.79 Å². The van der Waals surface area contributed by atoms with Crippen LogP contribution in [-0.4, -0.2) is 23.2 Å². The third-order valence-corrected chi connectivity index (χ3v) is 3.48. The van der Waals surface area contributed by atoms with Gasteiger partial charge in [0.05, 0.1) is 17.0 Å². The molecule has 0 unspecified atom stereocenters. The summed E-state index contributed by atoms with van der Waals surface area (Å²) in [4.78, 5) is 12.9. The van der Waals surface area contributed by atoms with Gasteiger partial charge in [0.1, 0.15) is 0 Å². The average Bonchev–Trinajstić information content (AvgIpc) is 2.77. The van der Waals surface area contributed by atoms with Gasteiger partial charge in [-0.2, -0.15) is 0 Å². The number of aliphatic hydroxyl groups excluding tert-OH is 1. The Labute approximate surface area is 119 Å². The lowest BCUT2D eigenvalue weighted by atomic mass is 9.98. The summed E-state index contributed by atoms with van der Waals surface area (Å²) in [6.45, 7) is 6.23. The van der Waals surface area contributed by atoms with Crippen LogP contribution >= 0.6 is 11.3 Å². The van der Waals surface area contributed by atoms with Crippen molar-refractivity contribution in [3.05, 3.63) is 21.9 Å². The number of hydrogen-bond acceptors (Lipinski definition) is 3. The number of aliphatic hydroxyl groups is 1. The van der Waals surface area contributed by atoms with E-state index >= 15 is 0 Å². The van der Waals surface area contributed by atoms with Crippen LogP contribution in [-0.2, 0) is 0 Å². The summed E-state index contributed by atoms with van der Waals surface area (Å²) in [5.41, 5.74) is 0.471. The molecule has 104 valence electrons. The van der Waals surface area contributed by atoms with Gasteiger partial charge in [0.2, 0.25) is 0 Å². The highest BCUT2D eigenvalue weighted by atomic mass is 32.1. The maximum atomic E-state index is 12.1. The molecule has 0 aliphatic heterocycles. The van der Waals surface area contributed by atoms with Crippen molar-refractivity contribution in [3.8, 4) is 11.8 Å². The van der Waals surface area contributed by atoms with E-state index in [-0.39, 0.29) is 18.1 Å². The van der Waals surface area contributed by atoms with Crippen LogP contribution in [0.4, 0.5) is 0 Å². The lowest BCUT2D eigenvalue weighted by molar-refractivity contribution is 0.0909. The molecule has 0 spiro atoms. The van der Waals surface area contributed by atoms with E-state index in [4.69, 9.17) is 5.11 Å². The third-order valence-electron chi connectivity index (χ3n) is 2.64. The zero-order valence-electron chi connectivity index (χ0n) is 11.7. The summed E-state index contributed by atoms with van der Waals surface area (Å²) in [5.74, 6) is 5.74. The van der Waals surface area contributed by atoms with Gasteiger partial charge < -0.3 is 10.4 Å². The number of nitrogens with one attached hydrogen (secondary N) is 1. The van der Waals surface area contributed by atoms with Crippen molar-refractivity contribution < 1.29 is 9.90 Å². The van der Waals surface area contributed by atoms with Crippen LogP contribution in [0.5, 0.6) is 0 Å². The van der Waals surface area contributed by atoms with Crippen molar-refractivity contribution in [1.29, 1.82) is 0 Å². The van der Waals surface area contributed by atoms with Gasteiger partial charge in [-0.3, -0.25) is 4.79 Å². The van der Waals surface area contributed by atoms with Gasteiger partial charge in [0.15, 0.2) is 0 Å². The SMILES string of the molecule is CCCC(C)(C)NC(=O)c1csc(C#CCCO)c1. The standard InChI is InChI=1S/C15H21NO2S/c1-4-8-15(2,3)16-14(18)12-10-13(19-11-12)7-5-6-9-17/h10-11,17H,4,6,8-9H2,1-3H3,(H,16,18). The molecule has 0 aromatic carbocycles. The van der Waals surface area contributed by atoms with E-state index in [1.54, 1.807) is 6.07 Å². The van der Waals surface area contributed by atoms with Gasteiger partial charge in [0.25, 0.3) is 5.91 Å². The van der Waals surface area contributed by atoms with Crippen LogP contribution in [0, 0.1) is 11.8 Å².